The van der Waals surface area contributed by atoms with Crippen LogP contribution < -0.4 is 10.1 Å². The van der Waals surface area contributed by atoms with Gasteiger partial charge in [-0.2, -0.15) is 0 Å². The second-order valence-electron chi connectivity index (χ2n) is 5.82. The molecule has 1 unspecified atom stereocenters. The summed E-state index contributed by atoms with van der Waals surface area (Å²) in [5, 5.41) is 11.6. The Morgan fingerprint density at radius 1 is 1.08 bits per heavy atom. The highest BCUT2D eigenvalue weighted by molar-refractivity contribution is 5.94. The van der Waals surface area contributed by atoms with Crippen LogP contribution in [0.15, 0.2) is 42.5 Å². The summed E-state index contributed by atoms with van der Waals surface area (Å²) in [5.41, 5.74) is 3.65. The molecule has 0 aromatic heterocycles. The van der Waals surface area contributed by atoms with Crippen molar-refractivity contribution in [2.45, 2.75) is 26.8 Å². The van der Waals surface area contributed by atoms with E-state index in [9.17, 15) is 9.59 Å². The second-order valence-corrected chi connectivity index (χ2v) is 5.82. The maximum absolute atomic E-state index is 12.4. The maximum atomic E-state index is 12.4. The zero-order chi connectivity index (χ0) is 17.7. The Bertz CT molecular complexity index is 717. The molecule has 0 aliphatic rings. The SMILES string of the molecule is Cc1cc(C)cc(C(=O)NC(C)c2ccc(OCC(=O)O)cc2)c1. The van der Waals surface area contributed by atoms with E-state index in [0.29, 0.717) is 11.3 Å². The molecule has 2 aromatic rings. The van der Waals surface area contributed by atoms with Crippen molar-refractivity contribution in [2.75, 3.05) is 6.61 Å². The molecular weight excluding hydrogens is 306 g/mol. The zero-order valence-corrected chi connectivity index (χ0v) is 14.0. The zero-order valence-electron chi connectivity index (χ0n) is 14.0. The van der Waals surface area contributed by atoms with Crippen LogP contribution in [-0.2, 0) is 4.79 Å². The van der Waals surface area contributed by atoms with Crippen LogP contribution in [0, 0.1) is 13.8 Å². The number of carbonyl (C=O) groups is 2. The third kappa shape index (κ3) is 4.84. The number of amides is 1. The van der Waals surface area contributed by atoms with E-state index < -0.39 is 5.97 Å². The van der Waals surface area contributed by atoms with E-state index in [-0.39, 0.29) is 18.6 Å². The third-order valence-corrected chi connectivity index (χ3v) is 3.57. The smallest absolute Gasteiger partial charge is 0.341 e. The standard InChI is InChI=1S/C19H21NO4/c1-12-8-13(2)10-16(9-12)19(23)20-14(3)15-4-6-17(7-5-15)24-11-18(21)22/h4-10,14H,11H2,1-3H3,(H,20,23)(H,21,22). The summed E-state index contributed by atoms with van der Waals surface area (Å²) in [6.07, 6.45) is 0. The largest absolute Gasteiger partial charge is 0.482 e. The van der Waals surface area contributed by atoms with Crippen molar-refractivity contribution < 1.29 is 19.4 Å². The number of ether oxygens (including phenoxy) is 1. The number of hydrogen-bond donors (Lipinski definition) is 2. The molecule has 0 aliphatic heterocycles. The summed E-state index contributed by atoms with van der Waals surface area (Å²) < 4.78 is 5.09. The van der Waals surface area contributed by atoms with Gasteiger partial charge in [-0.05, 0) is 50.6 Å². The molecule has 126 valence electrons. The number of aliphatic carboxylic acids is 1. The van der Waals surface area contributed by atoms with Gasteiger partial charge in [0.15, 0.2) is 6.61 Å². The Balaban J connectivity index is 2.02. The van der Waals surface area contributed by atoms with Gasteiger partial charge in [0.05, 0.1) is 6.04 Å². The highest BCUT2D eigenvalue weighted by Gasteiger charge is 2.12. The van der Waals surface area contributed by atoms with Gasteiger partial charge in [-0.3, -0.25) is 4.79 Å². The van der Waals surface area contributed by atoms with Crippen LogP contribution in [0.5, 0.6) is 5.75 Å². The molecule has 0 saturated carbocycles. The molecule has 0 bridgehead atoms. The molecule has 0 heterocycles. The molecule has 0 spiro atoms. The Labute approximate surface area is 141 Å². The van der Waals surface area contributed by atoms with Crippen LogP contribution in [0.4, 0.5) is 0 Å². The highest BCUT2D eigenvalue weighted by Crippen LogP contribution is 2.18. The summed E-state index contributed by atoms with van der Waals surface area (Å²) in [6, 6.07) is 12.6. The predicted molar refractivity (Wildman–Crippen MR) is 91.4 cm³/mol. The molecule has 1 amide bonds. The van der Waals surface area contributed by atoms with Crippen molar-refractivity contribution in [3.8, 4) is 5.75 Å². The van der Waals surface area contributed by atoms with Crippen molar-refractivity contribution >= 4 is 11.9 Å². The van der Waals surface area contributed by atoms with Crippen LogP contribution in [0.25, 0.3) is 0 Å². The monoisotopic (exact) mass is 327 g/mol. The highest BCUT2D eigenvalue weighted by atomic mass is 16.5. The average Bonchev–Trinajstić information content (AvgIpc) is 2.52. The van der Waals surface area contributed by atoms with Gasteiger partial charge >= 0.3 is 5.97 Å². The van der Waals surface area contributed by atoms with E-state index in [1.54, 1.807) is 12.1 Å². The first-order valence-corrected chi connectivity index (χ1v) is 7.69. The minimum Gasteiger partial charge on any atom is -0.482 e. The van der Waals surface area contributed by atoms with Gasteiger partial charge < -0.3 is 15.2 Å². The van der Waals surface area contributed by atoms with Crippen LogP contribution in [0.3, 0.4) is 0 Å². The second kappa shape index (κ2) is 7.64. The van der Waals surface area contributed by atoms with Gasteiger partial charge in [-0.25, -0.2) is 4.79 Å². The van der Waals surface area contributed by atoms with Crippen LogP contribution in [0.2, 0.25) is 0 Å². The van der Waals surface area contributed by atoms with Crippen molar-refractivity contribution in [1.29, 1.82) is 0 Å². The van der Waals surface area contributed by atoms with Crippen molar-refractivity contribution in [3.05, 3.63) is 64.7 Å². The van der Waals surface area contributed by atoms with Crippen molar-refractivity contribution in [2.24, 2.45) is 0 Å². The fourth-order valence-corrected chi connectivity index (χ4v) is 2.47. The van der Waals surface area contributed by atoms with Gasteiger partial charge in [-0.15, -0.1) is 0 Å². The first kappa shape index (κ1) is 17.5. The summed E-state index contributed by atoms with van der Waals surface area (Å²) in [5.74, 6) is -0.664. The number of hydrogen-bond acceptors (Lipinski definition) is 3. The molecule has 2 N–H and O–H groups in total. The van der Waals surface area contributed by atoms with Gasteiger partial charge in [-0.1, -0.05) is 29.3 Å². The fraction of sp³-hybridized carbons (Fsp3) is 0.263. The number of nitrogens with one attached hydrogen (secondary N) is 1. The van der Waals surface area contributed by atoms with E-state index in [1.165, 1.54) is 0 Å². The summed E-state index contributed by atoms with van der Waals surface area (Å²) in [7, 11) is 0. The van der Waals surface area contributed by atoms with E-state index in [4.69, 9.17) is 9.84 Å². The predicted octanol–water partition coefficient (Wildman–Crippen LogP) is 3.26. The molecule has 0 fully saturated rings. The number of benzene rings is 2. The van der Waals surface area contributed by atoms with E-state index >= 15 is 0 Å². The van der Waals surface area contributed by atoms with Crippen molar-refractivity contribution in [1.82, 2.24) is 5.32 Å². The third-order valence-electron chi connectivity index (χ3n) is 3.57. The lowest BCUT2D eigenvalue weighted by atomic mass is 10.0. The lowest BCUT2D eigenvalue weighted by molar-refractivity contribution is -0.139. The molecule has 2 rings (SSSR count). The van der Waals surface area contributed by atoms with Crippen LogP contribution >= 0.6 is 0 Å². The number of carbonyl (C=O) groups excluding carboxylic acids is 1. The number of rotatable bonds is 6. The minimum absolute atomic E-state index is 0.125. The first-order valence-electron chi connectivity index (χ1n) is 7.69. The van der Waals surface area contributed by atoms with Gasteiger partial charge in [0.25, 0.3) is 5.91 Å². The Hall–Kier alpha value is -2.82. The van der Waals surface area contributed by atoms with Crippen molar-refractivity contribution in [3.63, 3.8) is 0 Å². The normalized spacial score (nSPS) is 11.6. The summed E-state index contributed by atoms with van der Waals surface area (Å²) in [6.45, 7) is 5.44. The number of carboxylic acids is 1. The van der Waals surface area contributed by atoms with Gasteiger partial charge in [0, 0.05) is 5.56 Å². The van der Waals surface area contributed by atoms with E-state index in [1.807, 2.05) is 51.1 Å². The summed E-state index contributed by atoms with van der Waals surface area (Å²) in [4.78, 5) is 22.9. The minimum atomic E-state index is -1.02. The number of carboxylic acid groups (broad SMARTS) is 1. The molecule has 5 nitrogen and oxygen atoms in total. The van der Waals surface area contributed by atoms with Crippen LogP contribution in [-0.4, -0.2) is 23.6 Å². The molecule has 1 atom stereocenters. The Kier molecular flexibility index (Phi) is 5.58. The first-order chi connectivity index (χ1) is 11.3. The summed E-state index contributed by atoms with van der Waals surface area (Å²) >= 11 is 0. The van der Waals surface area contributed by atoms with E-state index in [2.05, 4.69) is 5.32 Å². The lowest BCUT2D eigenvalue weighted by Gasteiger charge is -2.15. The van der Waals surface area contributed by atoms with Gasteiger partial charge in [0.2, 0.25) is 0 Å². The van der Waals surface area contributed by atoms with E-state index in [0.717, 1.165) is 16.7 Å². The Morgan fingerprint density at radius 2 is 1.67 bits per heavy atom. The number of aryl methyl sites for hydroxylation is 2. The molecular formula is C19H21NO4. The lowest BCUT2D eigenvalue weighted by Crippen LogP contribution is -2.26. The van der Waals surface area contributed by atoms with Crippen LogP contribution in [0.1, 0.15) is 40.0 Å². The topological polar surface area (TPSA) is 75.6 Å². The maximum Gasteiger partial charge on any atom is 0.341 e. The molecule has 24 heavy (non-hydrogen) atoms. The molecule has 0 saturated heterocycles. The molecule has 0 radical (unpaired) electrons. The molecule has 2 aromatic carbocycles. The van der Waals surface area contributed by atoms with Gasteiger partial charge in [0.1, 0.15) is 5.75 Å². The molecule has 0 aliphatic carbocycles. The quantitative estimate of drug-likeness (QED) is 0.854. The average molecular weight is 327 g/mol. The Morgan fingerprint density at radius 3 is 2.21 bits per heavy atom. The molecule has 5 heteroatoms. The fourth-order valence-electron chi connectivity index (χ4n) is 2.47.